The van der Waals surface area contributed by atoms with Gasteiger partial charge in [-0.15, -0.1) is 0 Å². The van der Waals surface area contributed by atoms with Gasteiger partial charge in [0.1, 0.15) is 0 Å². The number of rotatable bonds is 8. The molecule has 0 fully saturated rings. The Morgan fingerprint density at radius 2 is 1.30 bits per heavy atom. The summed E-state index contributed by atoms with van der Waals surface area (Å²) in [5.41, 5.74) is 6.63. The molecule has 6 heteroatoms. The van der Waals surface area contributed by atoms with Crippen LogP contribution in [0.4, 0.5) is 5.69 Å². The van der Waals surface area contributed by atoms with E-state index in [0.29, 0.717) is 12.1 Å². The summed E-state index contributed by atoms with van der Waals surface area (Å²) in [5.74, 6) is 0.0416. The van der Waals surface area contributed by atoms with Crippen molar-refractivity contribution in [3.05, 3.63) is 144 Å². The number of aryl methyl sites for hydroxylation is 1. The molecule has 0 bridgehead atoms. The van der Waals surface area contributed by atoms with Crippen molar-refractivity contribution in [1.82, 2.24) is 9.97 Å². The van der Waals surface area contributed by atoms with Crippen LogP contribution in [0.3, 0.4) is 0 Å². The molecule has 0 atom stereocenters. The highest BCUT2D eigenvalue weighted by Gasteiger charge is 2.20. The molecule has 2 heterocycles. The zero-order valence-electron chi connectivity index (χ0n) is 20.5. The van der Waals surface area contributed by atoms with Gasteiger partial charge in [0.05, 0.1) is 10.6 Å². The maximum Gasteiger partial charge on any atom is 0.261 e. The van der Waals surface area contributed by atoms with Crippen LogP contribution in [-0.2, 0) is 16.4 Å². The van der Waals surface area contributed by atoms with Crippen LogP contribution in [-0.4, -0.2) is 18.4 Å². The van der Waals surface area contributed by atoms with Crippen molar-refractivity contribution in [2.24, 2.45) is 0 Å². The Labute approximate surface area is 218 Å². The first-order valence-corrected chi connectivity index (χ1v) is 13.6. The van der Waals surface area contributed by atoms with E-state index in [4.69, 9.17) is 0 Å². The van der Waals surface area contributed by atoms with E-state index < -0.39 is 10.0 Å². The molecule has 1 N–H and O–H groups in total. The summed E-state index contributed by atoms with van der Waals surface area (Å²) in [6.45, 7) is 1.93. The third-order valence-electron chi connectivity index (χ3n) is 6.41. The van der Waals surface area contributed by atoms with Crippen LogP contribution in [0.5, 0.6) is 0 Å². The van der Waals surface area contributed by atoms with Gasteiger partial charge in [-0.2, -0.15) is 0 Å². The maximum atomic E-state index is 13.2. The van der Waals surface area contributed by atoms with Gasteiger partial charge < -0.3 is 0 Å². The van der Waals surface area contributed by atoms with Crippen LogP contribution < -0.4 is 4.72 Å². The SMILES string of the molecule is Cc1ccc(S(=O)(=O)Nc2ccccc2-c2ccccc2CC(c2cccnc2)c2cccnc2)cc1. The van der Waals surface area contributed by atoms with Gasteiger partial charge >= 0.3 is 0 Å². The predicted octanol–water partition coefficient (Wildman–Crippen LogP) is 6.63. The molecule has 5 nitrogen and oxygen atoms in total. The van der Waals surface area contributed by atoms with Gasteiger partial charge in [-0.05, 0) is 65.9 Å². The molecule has 0 spiro atoms. The highest BCUT2D eigenvalue weighted by molar-refractivity contribution is 7.92. The second kappa shape index (κ2) is 10.8. The van der Waals surface area contributed by atoms with Crippen molar-refractivity contribution in [2.75, 3.05) is 4.72 Å². The number of para-hydroxylation sites is 1. The zero-order valence-corrected chi connectivity index (χ0v) is 21.3. The smallest absolute Gasteiger partial charge is 0.261 e. The van der Waals surface area contributed by atoms with E-state index in [1.165, 1.54) is 0 Å². The summed E-state index contributed by atoms with van der Waals surface area (Å²) in [6, 6.07) is 30.6. The van der Waals surface area contributed by atoms with E-state index in [1.807, 2.05) is 67.8 Å². The van der Waals surface area contributed by atoms with E-state index in [-0.39, 0.29) is 10.8 Å². The Morgan fingerprint density at radius 1 is 0.703 bits per heavy atom. The zero-order chi connectivity index (χ0) is 25.7. The molecule has 0 unspecified atom stereocenters. The van der Waals surface area contributed by atoms with Gasteiger partial charge in [-0.25, -0.2) is 8.42 Å². The molecule has 0 radical (unpaired) electrons. The molecule has 0 amide bonds. The summed E-state index contributed by atoms with van der Waals surface area (Å²) in [5, 5.41) is 0. The van der Waals surface area contributed by atoms with E-state index in [0.717, 1.165) is 33.4 Å². The Kier molecular flexibility index (Phi) is 7.10. The van der Waals surface area contributed by atoms with E-state index in [9.17, 15) is 8.42 Å². The fourth-order valence-corrected chi connectivity index (χ4v) is 5.58. The Bertz CT molecular complexity index is 1550. The minimum atomic E-state index is -3.75. The van der Waals surface area contributed by atoms with Crippen LogP contribution in [0.15, 0.2) is 127 Å². The standard InChI is InChI=1S/C31H27N3O2S/c1-23-14-16-27(17-15-23)37(35,36)34-31-13-5-4-12-29(31)28-11-3-2-8-24(28)20-30(25-9-6-18-32-21-25)26-10-7-19-33-22-26/h2-19,21-22,30,34H,20H2,1H3. The van der Waals surface area contributed by atoms with Gasteiger partial charge in [0.25, 0.3) is 10.0 Å². The summed E-state index contributed by atoms with van der Waals surface area (Å²) >= 11 is 0. The molecule has 3 aromatic carbocycles. The first-order chi connectivity index (χ1) is 18.0. The molecule has 0 aliphatic carbocycles. The van der Waals surface area contributed by atoms with Crippen LogP contribution in [0, 0.1) is 6.92 Å². The molecule has 37 heavy (non-hydrogen) atoms. The van der Waals surface area contributed by atoms with Gasteiger partial charge in [-0.3, -0.25) is 14.7 Å². The molecule has 0 saturated carbocycles. The monoisotopic (exact) mass is 505 g/mol. The third-order valence-corrected chi connectivity index (χ3v) is 7.79. The van der Waals surface area contributed by atoms with Crippen molar-refractivity contribution in [1.29, 1.82) is 0 Å². The van der Waals surface area contributed by atoms with Crippen LogP contribution >= 0.6 is 0 Å². The number of nitrogens with one attached hydrogen (secondary N) is 1. The minimum absolute atomic E-state index is 0.0416. The summed E-state index contributed by atoms with van der Waals surface area (Å²) in [4.78, 5) is 8.92. The number of aromatic nitrogens is 2. The van der Waals surface area contributed by atoms with Crippen molar-refractivity contribution >= 4 is 15.7 Å². The summed E-state index contributed by atoms with van der Waals surface area (Å²) in [7, 11) is -3.75. The van der Waals surface area contributed by atoms with Crippen LogP contribution in [0.25, 0.3) is 11.1 Å². The molecule has 184 valence electrons. The van der Waals surface area contributed by atoms with Crippen molar-refractivity contribution in [3.63, 3.8) is 0 Å². The first-order valence-electron chi connectivity index (χ1n) is 12.1. The average Bonchev–Trinajstić information content (AvgIpc) is 2.93. The lowest BCUT2D eigenvalue weighted by molar-refractivity contribution is 0.601. The summed E-state index contributed by atoms with van der Waals surface area (Å²) in [6.07, 6.45) is 8.03. The molecule has 0 saturated heterocycles. The van der Waals surface area contributed by atoms with E-state index in [1.54, 1.807) is 42.7 Å². The molecular weight excluding hydrogens is 478 g/mol. The number of sulfonamides is 1. The molecule has 5 aromatic rings. The van der Waals surface area contributed by atoms with Gasteiger partial charge in [0.2, 0.25) is 0 Å². The first kappa shape index (κ1) is 24.4. The van der Waals surface area contributed by atoms with E-state index in [2.05, 4.69) is 32.9 Å². The van der Waals surface area contributed by atoms with Gasteiger partial charge in [0, 0.05) is 36.3 Å². The topological polar surface area (TPSA) is 72.0 Å². The Morgan fingerprint density at radius 3 is 1.92 bits per heavy atom. The molecule has 2 aromatic heterocycles. The van der Waals surface area contributed by atoms with Crippen molar-refractivity contribution in [2.45, 2.75) is 24.2 Å². The number of hydrogen-bond acceptors (Lipinski definition) is 4. The largest absolute Gasteiger partial charge is 0.279 e. The number of anilines is 1. The second-order valence-corrected chi connectivity index (χ2v) is 10.6. The lowest BCUT2D eigenvalue weighted by Crippen LogP contribution is -2.14. The number of hydrogen-bond donors (Lipinski definition) is 1. The summed E-state index contributed by atoms with van der Waals surface area (Å²) < 4.78 is 29.2. The molecule has 0 aliphatic rings. The fourth-order valence-electron chi connectivity index (χ4n) is 4.50. The van der Waals surface area contributed by atoms with Crippen LogP contribution in [0.2, 0.25) is 0 Å². The Balaban J connectivity index is 1.54. The third kappa shape index (κ3) is 5.60. The highest BCUT2D eigenvalue weighted by Crippen LogP contribution is 2.36. The fraction of sp³-hybridized carbons (Fsp3) is 0.0968. The second-order valence-electron chi connectivity index (χ2n) is 8.95. The van der Waals surface area contributed by atoms with Crippen molar-refractivity contribution in [3.8, 4) is 11.1 Å². The predicted molar refractivity (Wildman–Crippen MR) is 148 cm³/mol. The quantitative estimate of drug-likeness (QED) is 0.257. The molecular formula is C31H27N3O2S. The van der Waals surface area contributed by atoms with Crippen molar-refractivity contribution < 1.29 is 8.42 Å². The number of pyridine rings is 2. The van der Waals surface area contributed by atoms with Gasteiger partial charge in [0.15, 0.2) is 0 Å². The average molecular weight is 506 g/mol. The molecule has 0 aliphatic heterocycles. The highest BCUT2D eigenvalue weighted by atomic mass is 32.2. The van der Waals surface area contributed by atoms with Gasteiger partial charge in [-0.1, -0.05) is 72.3 Å². The van der Waals surface area contributed by atoms with Crippen LogP contribution in [0.1, 0.15) is 28.2 Å². The Hall–Kier alpha value is -4.29. The number of nitrogens with zero attached hydrogens (tertiary/aromatic N) is 2. The minimum Gasteiger partial charge on any atom is -0.279 e. The van der Waals surface area contributed by atoms with E-state index >= 15 is 0 Å². The lowest BCUT2D eigenvalue weighted by Gasteiger charge is -2.21. The lowest BCUT2D eigenvalue weighted by atomic mass is 9.85. The molecule has 5 rings (SSSR count). The normalized spacial score (nSPS) is 11.4. The number of benzene rings is 3. The maximum absolute atomic E-state index is 13.2.